The zero-order valence-electron chi connectivity index (χ0n) is 18.4. The first-order chi connectivity index (χ1) is 15.1. The third-order valence-corrected chi connectivity index (χ3v) is 4.93. The summed E-state index contributed by atoms with van der Waals surface area (Å²) in [5.41, 5.74) is 3.47. The first-order valence-electron chi connectivity index (χ1n) is 10.9. The summed E-state index contributed by atoms with van der Waals surface area (Å²) in [4.78, 5) is 11.6. The van der Waals surface area contributed by atoms with Crippen LogP contribution in [-0.2, 0) is 6.54 Å². The molecule has 2 aromatic carbocycles. The molecular weight excluding hydrogens is 392 g/mol. The maximum absolute atomic E-state index is 11.6. The largest absolute Gasteiger partial charge is 0.493 e. The highest BCUT2D eigenvalue weighted by molar-refractivity contribution is 5.90. The second kappa shape index (κ2) is 10.7. The molecule has 1 N–H and O–H groups in total. The number of carbonyl (C=O) groups is 1. The monoisotopic (exact) mass is 422 g/mol. The standard InChI is InChI=1S/C25H30N2O4/c1-4-7-14-27-22(19-10-8-9-11-23(19)30-6-3)17-21(26-27)20-16-18(25(28)29)12-13-24(20)31-15-5-2/h8-13,16-17H,4-7,14-15H2,1-3H3,(H,28,29). The summed E-state index contributed by atoms with van der Waals surface area (Å²) >= 11 is 0. The molecule has 31 heavy (non-hydrogen) atoms. The molecule has 0 unspecified atom stereocenters. The van der Waals surface area contributed by atoms with Crippen molar-refractivity contribution in [3.05, 3.63) is 54.1 Å². The number of ether oxygens (including phenoxy) is 2. The lowest BCUT2D eigenvalue weighted by Gasteiger charge is -2.11. The van der Waals surface area contributed by atoms with E-state index in [2.05, 4.69) is 6.92 Å². The SMILES string of the molecule is CCCCn1nc(-c2cc(C(=O)O)ccc2OCCC)cc1-c1ccccc1OCC. The van der Waals surface area contributed by atoms with E-state index in [0.29, 0.717) is 30.2 Å². The molecule has 0 aliphatic carbocycles. The number of aromatic carboxylic acids is 1. The van der Waals surface area contributed by atoms with E-state index >= 15 is 0 Å². The molecule has 0 saturated carbocycles. The minimum absolute atomic E-state index is 0.207. The van der Waals surface area contributed by atoms with Crippen LogP contribution in [0.1, 0.15) is 50.4 Å². The quantitative estimate of drug-likeness (QED) is 0.416. The first kappa shape index (κ1) is 22.4. The van der Waals surface area contributed by atoms with Crippen molar-refractivity contribution in [3.63, 3.8) is 0 Å². The van der Waals surface area contributed by atoms with Crippen LogP contribution in [0.25, 0.3) is 22.5 Å². The summed E-state index contributed by atoms with van der Waals surface area (Å²) < 4.78 is 13.7. The van der Waals surface area contributed by atoms with Gasteiger partial charge in [-0.3, -0.25) is 4.68 Å². The van der Waals surface area contributed by atoms with Gasteiger partial charge in [0.15, 0.2) is 0 Å². The number of unbranched alkanes of at least 4 members (excludes halogenated alkanes) is 1. The van der Waals surface area contributed by atoms with Crippen molar-refractivity contribution in [1.82, 2.24) is 9.78 Å². The van der Waals surface area contributed by atoms with Crippen molar-refractivity contribution in [2.24, 2.45) is 0 Å². The van der Waals surface area contributed by atoms with Crippen LogP contribution in [-0.4, -0.2) is 34.1 Å². The van der Waals surface area contributed by atoms with Crippen molar-refractivity contribution >= 4 is 5.97 Å². The topological polar surface area (TPSA) is 73.6 Å². The molecule has 0 radical (unpaired) electrons. The number of aryl methyl sites for hydroxylation is 1. The Kier molecular flexibility index (Phi) is 7.70. The molecule has 3 rings (SSSR count). The molecule has 1 aromatic heterocycles. The summed E-state index contributed by atoms with van der Waals surface area (Å²) in [6.45, 7) is 8.03. The second-order valence-electron chi connectivity index (χ2n) is 7.29. The molecule has 0 amide bonds. The number of hydrogen-bond acceptors (Lipinski definition) is 4. The summed E-state index contributed by atoms with van der Waals surface area (Å²) in [5.74, 6) is 0.461. The number of hydrogen-bond donors (Lipinski definition) is 1. The second-order valence-corrected chi connectivity index (χ2v) is 7.29. The van der Waals surface area contributed by atoms with Crippen molar-refractivity contribution in [2.75, 3.05) is 13.2 Å². The van der Waals surface area contributed by atoms with E-state index in [1.54, 1.807) is 18.2 Å². The molecule has 0 fully saturated rings. The summed E-state index contributed by atoms with van der Waals surface area (Å²) in [7, 11) is 0. The zero-order chi connectivity index (χ0) is 22.2. The lowest BCUT2D eigenvalue weighted by Crippen LogP contribution is -2.04. The van der Waals surface area contributed by atoms with Crippen molar-refractivity contribution < 1.29 is 19.4 Å². The van der Waals surface area contributed by atoms with Crippen LogP contribution in [0.2, 0.25) is 0 Å². The van der Waals surface area contributed by atoms with Crippen LogP contribution < -0.4 is 9.47 Å². The number of nitrogens with zero attached hydrogens (tertiary/aromatic N) is 2. The number of carboxylic acid groups (broad SMARTS) is 1. The van der Waals surface area contributed by atoms with Crippen molar-refractivity contribution in [3.8, 4) is 34.0 Å². The molecule has 0 aliphatic rings. The van der Waals surface area contributed by atoms with Crippen LogP contribution in [0, 0.1) is 0 Å². The Hall–Kier alpha value is -3.28. The van der Waals surface area contributed by atoms with E-state index in [4.69, 9.17) is 14.6 Å². The number of carboxylic acids is 1. The fraction of sp³-hybridized carbons (Fsp3) is 0.360. The predicted molar refractivity (Wildman–Crippen MR) is 122 cm³/mol. The van der Waals surface area contributed by atoms with Gasteiger partial charge in [0.1, 0.15) is 11.5 Å². The average molecular weight is 423 g/mol. The van der Waals surface area contributed by atoms with E-state index in [1.807, 2.05) is 48.9 Å². The Balaban J connectivity index is 2.15. The van der Waals surface area contributed by atoms with E-state index < -0.39 is 5.97 Å². The van der Waals surface area contributed by atoms with Gasteiger partial charge in [-0.25, -0.2) is 4.79 Å². The van der Waals surface area contributed by atoms with Gasteiger partial charge in [0.2, 0.25) is 0 Å². The Bertz CT molecular complexity index is 1030. The van der Waals surface area contributed by atoms with Crippen LogP contribution in [0.5, 0.6) is 11.5 Å². The van der Waals surface area contributed by atoms with Gasteiger partial charge in [0.05, 0.1) is 30.2 Å². The van der Waals surface area contributed by atoms with E-state index in [9.17, 15) is 9.90 Å². The van der Waals surface area contributed by atoms with Gasteiger partial charge in [-0.1, -0.05) is 32.4 Å². The minimum Gasteiger partial charge on any atom is -0.493 e. The fourth-order valence-electron chi connectivity index (χ4n) is 3.40. The summed E-state index contributed by atoms with van der Waals surface area (Å²) in [5, 5.41) is 14.3. The van der Waals surface area contributed by atoms with Gasteiger partial charge in [0.25, 0.3) is 0 Å². The molecule has 0 spiro atoms. The Morgan fingerprint density at radius 3 is 2.45 bits per heavy atom. The molecular formula is C25H30N2O4. The van der Waals surface area contributed by atoms with Gasteiger partial charge in [0, 0.05) is 17.7 Å². The zero-order valence-corrected chi connectivity index (χ0v) is 18.4. The molecule has 164 valence electrons. The lowest BCUT2D eigenvalue weighted by atomic mass is 10.0. The van der Waals surface area contributed by atoms with Crippen LogP contribution >= 0.6 is 0 Å². The Morgan fingerprint density at radius 1 is 0.968 bits per heavy atom. The molecule has 0 aliphatic heterocycles. The number of para-hydroxylation sites is 1. The maximum atomic E-state index is 11.6. The summed E-state index contributed by atoms with van der Waals surface area (Å²) in [6.07, 6.45) is 2.89. The number of benzene rings is 2. The van der Waals surface area contributed by atoms with E-state index in [0.717, 1.165) is 42.8 Å². The minimum atomic E-state index is -0.976. The molecule has 0 saturated heterocycles. The molecule has 6 nitrogen and oxygen atoms in total. The van der Waals surface area contributed by atoms with Crippen LogP contribution in [0.3, 0.4) is 0 Å². The molecule has 6 heteroatoms. The average Bonchev–Trinajstić information content (AvgIpc) is 3.20. The van der Waals surface area contributed by atoms with Crippen molar-refractivity contribution in [1.29, 1.82) is 0 Å². The van der Waals surface area contributed by atoms with Crippen LogP contribution in [0.15, 0.2) is 48.5 Å². The number of aromatic nitrogens is 2. The smallest absolute Gasteiger partial charge is 0.335 e. The predicted octanol–water partition coefficient (Wildman–Crippen LogP) is 5.90. The normalized spacial score (nSPS) is 10.8. The van der Waals surface area contributed by atoms with Gasteiger partial charge in [-0.15, -0.1) is 0 Å². The molecule has 1 heterocycles. The highest BCUT2D eigenvalue weighted by Crippen LogP contribution is 2.36. The van der Waals surface area contributed by atoms with E-state index in [1.165, 1.54) is 0 Å². The highest BCUT2D eigenvalue weighted by Gasteiger charge is 2.19. The number of rotatable bonds is 11. The Labute approximate surface area is 183 Å². The van der Waals surface area contributed by atoms with Gasteiger partial charge < -0.3 is 14.6 Å². The maximum Gasteiger partial charge on any atom is 0.335 e. The van der Waals surface area contributed by atoms with Gasteiger partial charge in [-0.2, -0.15) is 5.10 Å². The first-order valence-corrected chi connectivity index (χ1v) is 10.9. The van der Waals surface area contributed by atoms with Crippen molar-refractivity contribution in [2.45, 2.75) is 46.6 Å². The molecule has 0 bridgehead atoms. The molecule has 0 atom stereocenters. The molecule has 3 aromatic rings. The van der Waals surface area contributed by atoms with E-state index in [-0.39, 0.29) is 5.56 Å². The highest BCUT2D eigenvalue weighted by atomic mass is 16.5. The third kappa shape index (κ3) is 5.26. The third-order valence-electron chi connectivity index (χ3n) is 4.93. The Morgan fingerprint density at radius 2 is 1.74 bits per heavy atom. The van der Waals surface area contributed by atoms with Gasteiger partial charge >= 0.3 is 5.97 Å². The summed E-state index contributed by atoms with van der Waals surface area (Å²) in [6, 6.07) is 14.8. The van der Waals surface area contributed by atoms with Gasteiger partial charge in [-0.05, 0) is 56.2 Å². The lowest BCUT2D eigenvalue weighted by molar-refractivity contribution is 0.0697. The fourth-order valence-corrected chi connectivity index (χ4v) is 3.40. The van der Waals surface area contributed by atoms with Crippen LogP contribution in [0.4, 0.5) is 0 Å².